The standard InChI is InChI=1S/C10H10ClN5O/c1-5-2-3-6(11)4-7(5)14-9(12)8-10(13)16-17-15-8/h2-4H,1H3,(H2,12,14)(H2,13,16). The van der Waals surface area contributed by atoms with E-state index in [4.69, 9.17) is 22.7 Å². The van der Waals surface area contributed by atoms with Crippen molar-refractivity contribution in [1.82, 2.24) is 10.3 Å². The van der Waals surface area contributed by atoms with Crippen LogP contribution in [0.1, 0.15) is 11.3 Å². The van der Waals surface area contributed by atoms with Crippen molar-refractivity contribution in [2.75, 3.05) is 11.1 Å². The number of aromatic nitrogens is 2. The van der Waals surface area contributed by atoms with Gasteiger partial charge < -0.3 is 11.1 Å². The van der Waals surface area contributed by atoms with Crippen molar-refractivity contribution in [2.24, 2.45) is 0 Å². The lowest BCUT2D eigenvalue weighted by atomic mass is 10.2. The molecule has 1 aromatic carbocycles. The number of aryl methyl sites for hydroxylation is 1. The van der Waals surface area contributed by atoms with Crippen molar-refractivity contribution in [3.63, 3.8) is 0 Å². The SMILES string of the molecule is Cc1ccc(Cl)cc1NC(=N)c1nonc1N. The predicted octanol–water partition coefficient (Wildman–Crippen LogP) is 2.05. The van der Waals surface area contributed by atoms with E-state index in [0.717, 1.165) is 5.56 Å². The van der Waals surface area contributed by atoms with Crippen LogP contribution in [0.5, 0.6) is 0 Å². The molecule has 88 valence electrons. The highest BCUT2D eigenvalue weighted by atomic mass is 35.5. The van der Waals surface area contributed by atoms with Gasteiger partial charge in [-0.1, -0.05) is 17.7 Å². The average Bonchev–Trinajstić information content (AvgIpc) is 2.70. The molecule has 0 amide bonds. The Labute approximate surface area is 102 Å². The van der Waals surface area contributed by atoms with E-state index >= 15 is 0 Å². The summed E-state index contributed by atoms with van der Waals surface area (Å²) >= 11 is 5.87. The largest absolute Gasteiger partial charge is 0.379 e. The first-order chi connectivity index (χ1) is 8.08. The third kappa shape index (κ3) is 2.36. The van der Waals surface area contributed by atoms with Crippen molar-refractivity contribution < 1.29 is 4.63 Å². The Morgan fingerprint density at radius 2 is 2.24 bits per heavy atom. The highest BCUT2D eigenvalue weighted by molar-refractivity contribution is 6.31. The van der Waals surface area contributed by atoms with E-state index in [0.29, 0.717) is 10.7 Å². The van der Waals surface area contributed by atoms with Crippen LogP contribution in [0.4, 0.5) is 11.5 Å². The Kier molecular flexibility index (Phi) is 2.97. The second-order valence-corrected chi connectivity index (χ2v) is 3.89. The summed E-state index contributed by atoms with van der Waals surface area (Å²) < 4.78 is 4.43. The molecule has 0 bridgehead atoms. The van der Waals surface area contributed by atoms with Crippen molar-refractivity contribution in [3.05, 3.63) is 34.5 Å². The van der Waals surface area contributed by atoms with Gasteiger partial charge in [-0.25, -0.2) is 4.63 Å². The van der Waals surface area contributed by atoms with Crippen molar-refractivity contribution in [3.8, 4) is 0 Å². The van der Waals surface area contributed by atoms with E-state index < -0.39 is 0 Å². The molecule has 0 aliphatic heterocycles. The van der Waals surface area contributed by atoms with Gasteiger partial charge >= 0.3 is 0 Å². The quantitative estimate of drug-likeness (QED) is 0.560. The summed E-state index contributed by atoms with van der Waals surface area (Å²) in [6.45, 7) is 1.90. The number of amidine groups is 1. The van der Waals surface area contributed by atoms with Crippen LogP contribution in [-0.4, -0.2) is 16.1 Å². The van der Waals surface area contributed by atoms with Crippen LogP contribution in [-0.2, 0) is 0 Å². The normalized spacial score (nSPS) is 10.2. The number of anilines is 2. The first-order valence-electron chi connectivity index (χ1n) is 4.78. The lowest BCUT2D eigenvalue weighted by molar-refractivity contribution is 0.308. The van der Waals surface area contributed by atoms with Crippen molar-refractivity contribution in [2.45, 2.75) is 6.92 Å². The third-order valence-corrected chi connectivity index (χ3v) is 2.45. The Bertz CT molecular complexity index is 566. The van der Waals surface area contributed by atoms with Crippen LogP contribution in [0.15, 0.2) is 22.8 Å². The van der Waals surface area contributed by atoms with E-state index in [2.05, 4.69) is 20.3 Å². The van der Waals surface area contributed by atoms with Gasteiger partial charge in [0.15, 0.2) is 17.3 Å². The average molecular weight is 252 g/mol. The molecule has 2 aromatic rings. The molecule has 0 radical (unpaired) electrons. The summed E-state index contributed by atoms with van der Waals surface area (Å²) in [4.78, 5) is 0. The minimum atomic E-state index is 0.00844. The molecule has 0 fully saturated rings. The molecule has 0 aliphatic rings. The summed E-state index contributed by atoms with van der Waals surface area (Å²) in [7, 11) is 0. The third-order valence-electron chi connectivity index (χ3n) is 2.21. The molecule has 7 heteroatoms. The first kappa shape index (κ1) is 11.4. The van der Waals surface area contributed by atoms with Gasteiger partial charge in [-0.15, -0.1) is 0 Å². The number of nitrogens with one attached hydrogen (secondary N) is 2. The molecule has 0 saturated heterocycles. The Morgan fingerprint density at radius 3 is 2.88 bits per heavy atom. The second kappa shape index (κ2) is 4.42. The molecular weight excluding hydrogens is 242 g/mol. The fraction of sp³-hybridized carbons (Fsp3) is 0.100. The maximum atomic E-state index is 7.80. The lowest BCUT2D eigenvalue weighted by Gasteiger charge is -2.09. The summed E-state index contributed by atoms with van der Waals surface area (Å²) in [5.74, 6) is 0.0799. The van der Waals surface area contributed by atoms with E-state index in [-0.39, 0.29) is 17.3 Å². The van der Waals surface area contributed by atoms with Crippen LogP contribution < -0.4 is 11.1 Å². The molecule has 1 heterocycles. The van der Waals surface area contributed by atoms with E-state index in [1.807, 2.05) is 13.0 Å². The zero-order chi connectivity index (χ0) is 12.4. The van der Waals surface area contributed by atoms with Gasteiger partial charge in [0, 0.05) is 10.7 Å². The van der Waals surface area contributed by atoms with Crippen LogP contribution in [0.25, 0.3) is 0 Å². The number of nitrogens with two attached hydrogens (primary N) is 1. The number of halogens is 1. The van der Waals surface area contributed by atoms with E-state index in [9.17, 15) is 0 Å². The summed E-state index contributed by atoms with van der Waals surface area (Å²) in [5.41, 5.74) is 7.33. The van der Waals surface area contributed by atoms with Gasteiger partial charge in [0.2, 0.25) is 0 Å². The van der Waals surface area contributed by atoms with Gasteiger partial charge in [-0.2, -0.15) is 0 Å². The minimum absolute atomic E-state index is 0.00844. The molecule has 0 atom stereocenters. The van der Waals surface area contributed by atoms with Crippen LogP contribution in [0, 0.1) is 12.3 Å². The highest BCUT2D eigenvalue weighted by Crippen LogP contribution is 2.21. The van der Waals surface area contributed by atoms with Crippen molar-refractivity contribution >= 4 is 28.9 Å². The number of nitrogens with zero attached hydrogens (tertiary/aromatic N) is 2. The molecule has 2 rings (SSSR count). The summed E-state index contributed by atoms with van der Waals surface area (Å²) in [6.07, 6.45) is 0. The van der Waals surface area contributed by atoms with Gasteiger partial charge in [0.05, 0.1) is 0 Å². The zero-order valence-electron chi connectivity index (χ0n) is 8.99. The Hall–Kier alpha value is -2.08. The topological polar surface area (TPSA) is 101 Å². The lowest BCUT2D eigenvalue weighted by Crippen LogP contribution is -2.15. The number of hydrogen-bond donors (Lipinski definition) is 3. The summed E-state index contributed by atoms with van der Waals surface area (Å²) in [5, 5.41) is 18.2. The number of nitrogen functional groups attached to an aromatic ring is 1. The second-order valence-electron chi connectivity index (χ2n) is 3.46. The molecule has 0 saturated carbocycles. The van der Waals surface area contributed by atoms with Gasteiger partial charge in [0.25, 0.3) is 0 Å². The number of benzene rings is 1. The summed E-state index contributed by atoms with van der Waals surface area (Å²) in [6, 6.07) is 5.34. The van der Waals surface area contributed by atoms with Crippen LogP contribution in [0.2, 0.25) is 5.02 Å². The van der Waals surface area contributed by atoms with Gasteiger partial charge in [-0.3, -0.25) is 5.41 Å². The zero-order valence-corrected chi connectivity index (χ0v) is 9.75. The van der Waals surface area contributed by atoms with Crippen molar-refractivity contribution in [1.29, 1.82) is 5.41 Å². The Balaban J connectivity index is 2.24. The maximum Gasteiger partial charge on any atom is 0.199 e. The molecular formula is C10H10ClN5O. The highest BCUT2D eigenvalue weighted by Gasteiger charge is 2.13. The molecule has 6 nitrogen and oxygen atoms in total. The van der Waals surface area contributed by atoms with Gasteiger partial charge in [-0.05, 0) is 34.9 Å². The van der Waals surface area contributed by atoms with Crippen LogP contribution in [0.3, 0.4) is 0 Å². The number of rotatable bonds is 2. The molecule has 17 heavy (non-hydrogen) atoms. The Morgan fingerprint density at radius 1 is 1.47 bits per heavy atom. The molecule has 0 aliphatic carbocycles. The maximum absolute atomic E-state index is 7.80. The fourth-order valence-electron chi connectivity index (χ4n) is 1.29. The van der Waals surface area contributed by atoms with E-state index in [1.54, 1.807) is 12.1 Å². The smallest absolute Gasteiger partial charge is 0.199 e. The minimum Gasteiger partial charge on any atom is -0.379 e. The molecule has 0 unspecified atom stereocenters. The van der Waals surface area contributed by atoms with E-state index in [1.165, 1.54) is 0 Å². The van der Waals surface area contributed by atoms with Gasteiger partial charge in [0.1, 0.15) is 0 Å². The number of hydrogen-bond acceptors (Lipinski definition) is 5. The van der Waals surface area contributed by atoms with Crippen LogP contribution >= 0.6 is 11.6 Å². The molecule has 0 spiro atoms. The molecule has 4 N–H and O–H groups in total. The fourth-order valence-corrected chi connectivity index (χ4v) is 1.46. The predicted molar refractivity (Wildman–Crippen MR) is 65.4 cm³/mol. The first-order valence-corrected chi connectivity index (χ1v) is 5.16. The monoisotopic (exact) mass is 251 g/mol. The molecule has 1 aromatic heterocycles.